The topological polar surface area (TPSA) is 38.1 Å². The predicted octanol–water partition coefficient (Wildman–Crippen LogP) is 4.24. The van der Waals surface area contributed by atoms with Crippen LogP contribution >= 0.6 is 0 Å². The molecule has 0 aliphatic heterocycles. The molecule has 0 spiro atoms. The number of benzene rings is 1. The number of halogens is 1. The van der Waals surface area contributed by atoms with Gasteiger partial charge in [0.15, 0.2) is 0 Å². The van der Waals surface area contributed by atoms with Gasteiger partial charge in [0, 0.05) is 18.8 Å². The number of carbonyl (C=O) groups is 1. The zero-order valence-electron chi connectivity index (χ0n) is 14.3. The first-order valence-electron chi connectivity index (χ1n) is 8.67. The lowest BCUT2D eigenvalue weighted by molar-refractivity contribution is 0.0969. The Labute approximate surface area is 142 Å². The first kappa shape index (κ1) is 16.7. The van der Waals surface area contributed by atoms with Crippen LogP contribution in [-0.4, -0.2) is 21.7 Å². The molecule has 24 heavy (non-hydrogen) atoms. The molecule has 1 amide bonds. The molecule has 1 heterocycles. The number of carbonyl (C=O) groups excluding carboxylic acids is 1. The first-order chi connectivity index (χ1) is 11.6. The van der Waals surface area contributed by atoms with Crippen molar-refractivity contribution in [2.75, 3.05) is 4.90 Å². The SMILES string of the molecule is Cc1nn(C)c(F)c1C(=O)N(c1ccccc1)C1CCCCCC1. The molecule has 0 bridgehead atoms. The second-order valence-electron chi connectivity index (χ2n) is 6.53. The van der Waals surface area contributed by atoms with Crippen LogP contribution in [-0.2, 0) is 7.05 Å². The average molecular weight is 329 g/mol. The average Bonchev–Trinajstić information content (AvgIpc) is 2.76. The van der Waals surface area contributed by atoms with Crippen molar-refractivity contribution in [3.63, 3.8) is 0 Å². The maximum Gasteiger partial charge on any atom is 0.265 e. The van der Waals surface area contributed by atoms with E-state index in [1.54, 1.807) is 11.8 Å². The van der Waals surface area contributed by atoms with Gasteiger partial charge in [0.2, 0.25) is 5.95 Å². The number of aryl methyl sites for hydroxylation is 2. The van der Waals surface area contributed by atoms with Gasteiger partial charge in [-0.25, -0.2) is 4.68 Å². The van der Waals surface area contributed by atoms with Crippen molar-refractivity contribution in [2.45, 2.75) is 51.5 Å². The third kappa shape index (κ3) is 3.21. The molecule has 5 heteroatoms. The van der Waals surface area contributed by atoms with E-state index in [4.69, 9.17) is 0 Å². The summed E-state index contributed by atoms with van der Waals surface area (Å²) in [6.45, 7) is 1.69. The Hall–Kier alpha value is -2.17. The molecule has 1 aromatic heterocycles. The fraction of sp³-hybridized carbons (Fsp3) is 0.474. The van der Waals surface area contributed by atoms with Gasteiger partial charge in [-0.15, -0.1) is 0 Å². The van der Waals surface area contributed by atoms with Crippen molar-refractivity contribution in [1.29, 1.82) is 0 Å². The summed E-state index contributed by atoms with van der Waals surface area (Å²) in [7, 11) is 1.53. The van der Waals surface area contributed by atoms with Gasteiger partial charge in [-0.1, -0.05) is 43.9 Å². The number of hydrogen-bond acceptors (Lipinski definition) is 2. The van der Waals surface area contributed by atoms with E-state index >= 15 is 0 Å². The van der Waals surface area contributed by atoms with Crippen molar-refractivity contribution < 1.29 is 9.18 Å². The van der Waals surface area contributed by atoms with Crippen LogP contribution in [0, 0.1) is 12.9 Å². The lowest BCUT2D eigenvalue weighted by atomic mass is 10.0. The number of aromatic nitrogens is 2. The Morgan fingerprint density at radius 2 is 1.79 bits per heavy atom. The standard InChI is InChI=1S/C19H24FN3O/c1-14-17(18(20)22(2)21-14)19(24)23(16-12-8-5-9-13-16)15-10-6-3-4-7-11-15/h5,8-9,12-13,15H,3-4,6-7,10-11H2,1-2H3. The fourth-order valence-electron chi connectivity index (χ4n) is 3.59. The molecule has 1 aromatic carbocycles. The van der Waals surface area contributed by atoms with Crippen molar-refractivity contribution in [2.24, 2.45) is 7.05 Å². The van der Waals surface area contributed by atoms with Gasteiger partial charge in [-0.05, 0) is 31.9 Å². The van der Waals surface area contributed by atoms with Gasteiger partial charge in [0.05, 0.1) is 5.69 Å². The molecule has 0 radical (unpaired) electrons. The molecule has 1 saturated carbocycles. The Balaban J connectivity index is 2.02. The Morgan fingerprint density at radius 1 is 1.17 bits per heavy atom. The zero-order chi connectivity index (χ0) is 17.1. The van der Waals surface area contributed by atoms with E-state index in [9.17, 15) is 9.18 Å². The number of nitrogens with zero attached hydrogens (tertiary/aromatic N) is 3. The Morgan fingerprint density at radius 3 is 2.33 bits per heavy atom. The van der Waals surface area contributed by atoms with Crippen LogP contribution in [0.1, 0.15) is 54.6 Å². The number of para-hydroxylation sites is 1. The Bertz CT molecular complexity index is 703. The van der Waals surface area contributed by atoms with E-state index in [0.29, 0.717) is 5.69 Å². The summed E-state index contributed by atoms with van der Waals surface area (Å²) in [5, 5.41) is 4.07. The van der Waals surface area contributed by atoms with Crippen LogP contribution in [0.5, 0.6) is 0 Å². The summed E-state index contributed by atoms with van der Waals surface area (Å²) >= 11 is 0. The molecule has 128 valence electrons. The summed E-state index contributed by atoms with van der Waals surface area (Å²) in [6.07, 6.45) is 6.54. The molecule has 2 aromatic rings. The molecule has 0 unspecified atom stereocenters. The fourth-order valence-corrected chi connectivity index (χ4v) is 3.59. The van der Waals surface area contributed by atoms with Crippen molar-refractivity contribution in [3.8, 4) is 0 Å². The number of anilines is 1. The molecule has 0 saturated heterocycles. The van der Waals surface area contributed by atoms with Crippen molar-refractivity contribution in [1.82, 2.24) is 9.78 Å². The molecular formula is C19H24FN3O. The molecule has 1 fully saturated rings. The van der Waals surface area contributed by atoms with Crippen LogP contribution in [0.2, 0.25) is 0 Å². The summed E-state index contributed by atoms with van der Waals surface area (Å²) in [5.74, 6) is -0.844. The van der Waals surface area contributed by atoms with Gasteiger partial charge in [0.1, 0.15) is 5.56 Å². The molecule has 3 rings (SSSR count). The summed E-state index contributed by atoms with van der Waals surface area (Å²) in [5.41, 5.74) is 1.36. The van der Waals surface area contributed by atoms with E-state index in [0.717, 1.165) is 36.1 Å². The van der Waals surface area contributed by atoms with E-state index in [1.807, 2.05) is 30.3 Å². The molecule has 4 nitrogen and oxygen atoms in total. The van der Waals surface area contributed by atoms with Gasteiger partial charge in [-0.3, -0.25) is 4.79 Å². The monoisotopic (exact) mass is 329 g/mol. The van der Waals surface area contributed by atoms with Crippen LogP contribution in [0.25, 0.3) is 0 Å². The third-order valence-electron chi connectivity index (χ3n) is 4.81. The predicted molar refractivity (Wildman–Crippen MR) is 92.6 cm³/mol. The van der Waals surface area contributed by atoms with Crippen molar-refractivity contribution in [3.05, 3.63) is 47.5 Å². The Kier molecular flexibility index (Phi) is 4.97. The summed E-state index contributed by atoms with van der Waals surface area (Å²) in [4.78, 5) is 15.0. The number of rotatable bonds is 3. The van der Waals surface area contributed by atoms with E-state index in [1.165, 1.54) is 19.9 Å². The minimum atomic E-state index is -0.563. The van der Waals surface area contributed by atoms with Crippen LogP contribution < -0.4 is 4.90 Å². The third-order valence-corrected chi connectivity index (χ3v) is 4.81. The maximum atomic E-state index is 14.4. The zero-order valence-corrected chi connectivity index (χ0v) is 14.3. The molecular weight excluding hydrogens is 305 g/mol. The lowest BCUT2D eigenvalue weighted by Crippen LogP contribution is -2.41. The van der Waals surface area contributed by atoms with Gasteiger partial charge in [-0.2, -0.15) is 9.49 Å². The van der Waals surface area contributed by atoms with Gasteiger partial charge < -0.3 is 4.90 Å². The van der Waals surface area contributed by atoms with Gasteiger partial charge in [0.25, 0.3) is 5.91 Å². The quantitative estimate of drug-likeness (QED) is 0.790. The minimum Gasteiger partial charge on any atom is -0.305 e. The first-order valence-corrected chi connectivity index (χ1v) is 8.67. The largest absolute Gasteiger partial charge is 0.305 e. The summed E-state index contributed by atoms with van der Waals surface area (Å²) < 4.78 is 15.6. The van der Waals surface area contributed by atoms with Crippen molar-refractivity contribution >= 4 is 11.6 Å². The maximum absolute atomic E-state index is 14.4. The van der Waals surface area contributed by atoms with Gasteiger partial charge >= 0.3 is 0 Å². The highest BCUT2D eigenvalue weighted by molar-refractivity contribution is 6.07. The smallest absolute Gasteiger partial charge is 0.265 e. The molecule has 0 N–H and O–H groups in total. The highest BCUT2D eigenvalue weighted by Gasteiger charge is 2.31. The van der Waals surface area contributed by atoms with E-state index < -0.39 is 5.95 Å². The highest BCUT2D eigenvalue weighted by atomic mass is 19.1. The normalized spacial score (nSPS) is 16.0. The molecule has 1 aliphatic carbocycles. The molecule has 0 atom stereocenters. The highest BCUT2D eigenvalue weighted by Crippen LogP contribution is 2.29. The molecule has 1 aliphatic rings. The minimum absolute atomic E-state index is 0.0885. The number of hydrogen-bond donors (Lipinski definition) is 0. The van der Waals surface area contributed by atoms with E-state index in [2.05, 4.69) is 5.10 Å². The second kappa shape index (κ2) is 7.16. The van der Waals surface area contributed by atoms with E-state index in [-0.39, 0.29) is 17.5 Å². The van der Waals surface area contributed by atoms with Crippen LogP contribution in [0.15, 0.2) is 30.3 Å². The lowest BCUT2D eigenvalue weighted by Gasteiger charge is -2.31. The second-order valence-corrected chi connectivity index (χ2v) is 6.53. The van der Waals surface area contributed by atoms with Crippen LogP contribution in [0.3, 0.4) is 0 Å². The summed E-state index contributed by atoms with van der Waals surface area (Å²) in [6, 6.07) is 9.72. The van der Waals surface area contributed by atoms with Crippen LogP contribution in [0.4, 0.5) is 10.1 Å². The number of amides is 1.